The Kier molecular flexibility index (Phi) is 9.82. The number of nitrogens with zero attached hydrogens (tertiary/aromatic N) is 4. The molecule has 9 heteroatoms. The zero-order chi connectivity index (χ0) is 31.9. The molecule has 4 rings (SSSR count). The molecule has 3 aliphatic rings. The van der Waals surface area contributed by atoms with Crippen LogP contribution in [0.5, 0.6) is 0 Å². The molecule has 2 amide bonds. The van der Waals surface area contributed by atoms with E-state index in [-0.39, 0.29) is 29.4 Å². The summed E-state index contributed by atoms with van der Waals surface area (Å²) in [6.45, 7) is 19.2. The SMILES string of the molecule is CC(=O)N(C(C)C)C(C)c1cc(Cl)c(C)cc1N1CCN(C(=O)[C@@H]2CN(C(C)(C)C)CC23/C=C(F)/C=C(F)\C=C/C3)CC1. The molecule has 6 nitrogen and oxygen atoms in total. The van der Waals surface area contributed by atoms with E-state index in [1.165, 1.54) is 12.2 Å². The van der Waals surface area contributed by atoms with Gasteiger partial charge < -0.3 is 14.7 Å². The molecular weight excluding hydrogens is 570 g/mol. The maximum Gasteiger partial charge on any atom is 0.228 e. The Morgan fingerprint density at radius 1 is 1.07 bits per heavy atom. The van der Waals surface area contributed by atoms with Crippen LogP contribution in [0.15, 0.2) is 48.1 Å². The number of rotatable bonds is 5. The third kappa shape index (κ3) is 7.01. The third-order valence-electron chi connectivity index (χ3n) is 9.33. The topological polar surface area (TPSA) is 47.1 Å². The highest BCUT2D eigenvalue weighted by Crippen LogP contribution is 2.46. The number of amides is 2. The van der Waals surface area contributed by atoms with Crippen molar-refractivity contribution in [3.05, 3.63) is 64.2 Å². The molecule has 1 aromatic carbocycles. The number of allylic oxidation sites excluding steroid dienone is 5. The van der Waals surface area contributed by atoms with Gasteiger partial charge in [-0.15, -0.1) is 0 Å². The minimum Gasteiger partial charge on any atom is -0.368 e. The molecule has 0 aromatic heterocycles. The molecule has 0 bridgehead atoms. The molecular formula is C34H47ClF2N4O2. The van der Waals surface area contributed by atoms with Crippen molar-refractivity contribution in [3.63, 3.8) is 0 Å². The summed E-state index contributed by atoms with van der Waals surface area (Å²) < 4.78 is 28.9. The first-order valence-electron chi connectivity index (χ1n) is 15.3. The molecule has 43 heavy (non-hydrogen) atoms. The lowest BCUT2D eigenvalue weighted by Crippen LogP contribution is -2.53. The number of carbonyl (C=O) groups excluding carboxylic acids is 2. The Labute approximate surface area is 261 Å². The molecule has 2 saturated heterocycles. The molecule has 1 aliphatic carbocycles. The summed E-state index contributed by atoms with van der Waals surface area (Å²) in [6, 6.07) is 3.89. The molecule has 2 aliphatic heterocycles. The fourth-order valence-electron chi connectivity index (χ4n) is 6.98. The third-order valence-corrected chi connectivity index (χ3v) is 9.74. The second-order valence-corrected chi connectivity index (χ2v) is 14.1. The van der Waals surface area contributed by atoms with Crippen molar-refractivity contribution in [3.8, 4) is 0 Å². The quantitative estimate of drug-likeness (QED) is 0.357. The number of anilines is 1. The summed E-state index contributed by atoms with van der Waals surface area (Å²) in [6.07, 6.45) is 5.80. The zero-order valence-corrected chi connectivity index (χ0v) is 27.6. The minimum absolute atomic E-state index is 0.00290. The van der Waals surface area contributed by atoms with Crippen LogP contribution >= 0.6 is 11.6 Å². The second-order valence-electron chi connectivity index (χ2n) is 13.7. The first-order valence-corrected chi connectivity index (χ1v) is 15.7. The molecule has 3 atom stereocenters. The Bertz CT molecular complexity index is 1330. The Morgan fingerprint density at radius 2 is 1.72 bits per heavy atom. The average Bonchev–Trinajstić information content (AvgIpc) is 3.28. The number of benzene rings is 1. The van der Waals surface area contributed by atoms with Crippen molar-refractivity contribution in [2.45, 2.75) is 79.4 Å². The van der Waals surface area contributed by atoms with E-state index in [9.17, 15) is 18.4 Å². The first-order chi connectivity index (χ1) is 20.0. The van der Waals surface area contributed by atoms with Crippen LogP contribution in [0, 0.1) is 18.3 Å². The Balaban J connectivity index is 1.59. The van der Waals surface area contributed by atoms with Gasteiger partial charge in [-0.05, 0) is 90.3 Å². The lowest BCUT2D eigenvalue weighted by molar-refractivity contribution is -0.138. The van der Waals surface area contributed by atoms with Gasteiger partial charge >= 0.3 is 0 Å². The molecule has 0 N–H and O–H groups in total. The molecule has 1 aromatic rings. The number of piperazine rings is 1. The zero-order valence-electron chi connectivity index (χ0n) is 26.9. The van der Waals surface area contributed by atoms with E-state index in [0.717, 1.165) is 22.9 Å². The van der Waals surface area contributed by atoms with Crippen molar-refractivity contribution in [1.82, 2.24) is 14.7 Å². The maximum absolute atomic E-state index is 15.0. The van der Waals surface area contributed by atoms with Crippen LogP contribution in [0.2, 0.25) is 5.02 Å². The van der Waals surface area contributed by atoms with Crippen LogP contribution in [-0.2, 0) is 9.59 Å². The summed E-state index contributed by atoms with van der Waals surface area (Å²) in [5.41, 5.74) is 1.99. The molecule has 236 valence electrons. The summed E-state index contributed by atoms with van der Waals surface area (Å²) in [5.74, 6) is -1.70. The highest BCUT2D eigenvalue weighted by Gasteiger charge is 2.52. The van der Waals surface area contributed by atoms with Crippen molar-refractivity contribution in [2.75, 3.05) is 44.2 Å². The molecule has 2 heterocycles. The monoisotopic (exact) mass is 616 g/mol. The number of halogens is 3. The van der Waals surface area contributed by atoms with E-state index >= 15 is 0 Å². The van der Waals surface area contributed by atoms with Gasteiger partial charge in [0.25, 0.3) is 0 Å². The standard InChI is InChI=1S/C34H47ClF2N4O2/c1-22(2)41(25(5)42)24(4)28-18-30(35)23(3)16-31(28)38-12-14-39(15-13-38)32(43)29-20-40(33(6,7)8)21-34(29)11-9-10-26(36)17-27(37)19-34/h9-10,16-19,22,24,29H,11-15,20-21H2,1-8H3/b10-9-,26-17+,27-19-/t24?,29-,34?/m0/s1. The smallest absolute Gasteiger partial charge is 0.228 e. The normalized spacial score (nSPS) is 27.3. The maximum atomic E-state index is 15.0. The summed E-state index contributed by atoms with van der Waals surface area (Å²) in [5, 5.41) is 0.657. The van der Waals surface area contributed by atoms with E-state index in [1.807, 2.05) is 43.6 Å². The Morgan fingerprint density at radius 3 is 2.30 bits per heavy atom. The molecule has 1 spiro atoms. The van der Waals surface area contributed by atoms with Gasteiger partial charge in [-0.2, -0.15) is 0 Å². The van der Waals surface area contributed by atoms with Gasteiger partial charge in [-0.1, -0.05) is 17.7 Å². The highest BCUT2D eigenvalue weighted by molar-refractivity contribution is 6.31. The number of carbonyl (C=O) groups is 2. The van der Waals surface area contributed by atoms with Crippen molar-refractivity contribution >= 4 is 29.1 Å². The number of aryl methyl sites for hydroxylation is 1. The number of hydrogen-bond acceptors (Lipinski definition) is 4. The summed E-state index contributed by atoms with van der Waals surface area (Å²) >= 11 is 6.59. The van der Waals surface area contributed by atoms with E-state index in [0.29, 0.717) is 50.7 Å². The lowest BCUT2D eigenvalue weighted by atomic mass is 9.73. The highest BCUT2D eigenvalue weighted by atomic mass is 35.5. The van der Waals surface area contributed by atoms with Crippen molar-refractivity contribution in [2.24, 2.45) is 11.3 Å². The van der Waals surface area contributed by atoms with Gasteiger partial charge in [-0.25, -0.2) is 8.78 Å². The second kappa shape index (κ2) is 12.7. The molecule has 2 unspecified atom stereocenters. The first kappa shape index (κ1) is 33.2. The van der Waals surface area contributed by atoms with Crippen LogP contribution < -0.4 is 4.90 Å². The number of hydrogen-bond donors (Lipinski definition) is 0. The summed E-state index contributed by atoms with van der Waals surface area (Å²) in [4.78, 5) is 35.1. The predicted octanol–water partition coefficient (Wildman–Crippen LogP) is 7.00. The van der Waals surface area contributed by atoms with Crippen LogP contribution in [0.4, 0.5) is 14.5 Å². The lowest BCUT2D eigenvalue weighted by Gasteiger charge is -2.41. The van der Waals surface area contributed by atoms with E-state index in [1.54, 1.807) is 13.0 Å². The fraction of sp³-hybridized carbons (Fsp3) is 0.588. The van der Waals surface area contributed by atoms with Gasteiger partial charge in [0.05, 0.1) is 12.0 Å². The van der Waals surface area contributed by atoms with Crippen LogP contribution in [0.1, 0.15) is 72.1 Å². The molecule has 0 saturated carbocycles. The van der Waals surface area contributed by atoms with Gasteiger partial charge in [0, 0.05) is 80.0 Å². The largest absolute Gasteiger partial charge is 0.368 e. The van der Waals surface area contributed by atoms with E-state index < -0.39 is 23.0 Å². The van der Waals surface area contributed by atoms with Crippen molar-refractivity contribution in [1.29, 1.82) is 0 Å². The Hall–Kier alpha value is -2.71. The van der Waals surface area contributed by atoms with Crippen LogP contribution in [0.3, 0.4) is 0 Å². The van der Waals surface area contributed by atoms with Gasteiger partial charge in [-0.3, -0.25) is 14.5 Å². The fourth-order valence-corrected chi connectivity index (χ4v) is 7.15. The van der Waals surface area contributed by atoms with E-state index in [4.69, 9.17) is 11.6 Å². The number of likely N-dealkylation sites (tertiary alicyclic amines) is 1. The molecule has 2 fully saturated rings. The van der Waals surface area contributed by atoms with Gasteiger partial charge in [0.2, 0.25) is 11.8 Å². The molecule has 0 radical (unpaired) electrons. The van der Waals surface area contributed by atoms with E-state index in [2.05, 4.69) is 36.6 Å². The van der Waals surface area contributed by atoms with Crippen LogP contribution in [-0.4, -0.2) is 77.4 Å². The average molecular weight is 617 g/mol. The van der Waals surface area contributed by atoms with Gasteiger partial charge in [0.15, 0.2) is 0 Å². The van der Waals surface area contributed by atoms with Crippen molar-refractivity contribution < 1.29 is 18.4 Å². The van der Waals surface area contributed by atoms with Crippen LogP contribution in [0.25, 0.3) is 0 Å². The van der Waals surface area contributed by atoms with Gasteiger partial charge in [0.1, 0.15) is 11.7 Å². The minimum atomic E-state index is -0.762. The summed E-state index contributed by atoms with van der Waals surface area (Å²) in [7, 11) is 0. The predicted molar refractivity (Wildman–Crippen MR) is 170 cm³/mol.